The van der Waals surface area contributed by atoms with Crippen LogP contribution in [0.25, 0.3) is 21.7 Å². The zero-order chi connectivity index (χ0) is 39.6. The number of imidazole rings is 1. The van der Waals surface area contributed by atoms with Gasteiger partial charge in [0.15, 0.2) is 5.78 Å². The first-order valence-corrected chi connectivity index (χ1v) is 19.6. The van der Waals surface area contributed by atoms with Gasteiger partial charge in [-0.2, -0.15) is 0 Å². The summed E-state index contributed by atoms with van der Waals surface area (Å²) in [4.78, 5) is 78.5. The molecule has 0 spiro atoms. The predicted molar refractivity (Wildman–Crippen MR) is 214 cm³/mol. The number of benzene rings is 2. The summed E-state index contributed by atoms with van der Waals surface area (Å²) >= 11 is 1.40. The van der Waals surface area contributed by atoms with E-state index in [1.54, 1.807) is 6.20 Å². The first-order valence-electron chi connectivity index (χ1n) is 18.6. The van der Waals surface area contributed by atoms with E-state index in [-0.39, 0.29) is 49.7 Å². The minimum absolute atomic E-state index is 0.0140. The molecule has 7 N–H and O–H groups in total. The number of Topliss-reactive ketones (excluding diaryl/α,β-unsaturated/α-hetero) is 4. The molecule has 55 heavy (non-hydrogen) atoms. The first kappa shape index (κ1) is 39.8. The van der Waals surface area contributed by atoms with Gasteiger partial charge in [-0.15, -0.1) is 11.8 Å². The van der Waals surface area contributed by atoms with Crippen LogP contribution in [0, 0.1) is 40.5 Å². The van der Waals surface area contributed by atoms with Gasteiger partial charge in [0, 0.05) is 89.5 Å². The van der Waals surface area contributed by atoms with Crippen molar-refractivity contribution >= 4 is 62.5 Å². The zero-order valence-electron chi connectivity index (χ0n) is 32.2. The van der Waals surface area contributed by atoms with Crippen molar-refractivity contribution in [3.8, 4) is 0 Å². The Morgan fingerprint density at radius 3 is 2.33 bits per heavy atom. The molecule has 2 unspecified atom stereocenters. The molecule has 5 aromatic rings. The first-order chi connectivity index (χ1) is 26.3. The minimum atomic E-state index is -0.962. The number of hydrogen-bond donors (Lipinski definition) is 6. The van der Waals surface area contributed by atoms with E-state index in [1.165, 1.54) is 25.0 Å². The van der Waals surface area contributed by atoms with Crippen molar-refractivity contribution in [3.05, 3.63) is 82.2 Å². The summed E-state index contributed by atoms with van der Waals surface area (Å²) in [7, 11) is 0. The SMILES string of the molecule is CC(=O)CC1CSc2c3c(C)c(C)c(C)c(C)c3c(C)n2CC(C(N)=O)NN[C@@H](Cc2c[nH]c3ccccc23)C(=O)CCN[C@@H](Cc2cnc[nH]2)C(=O)C1=O. The number of hydrazine groups is 1. The van der Waals surface area contributed by atoms with Gasteiger partial charge in [-0.25, -0.2) is 15.8 Å². The van der Waals surface area contributed by atoms with E-state index in [9.17, 15) is 24.0 Å². The molecule has 4 heterocycles. The van der Waals surface area contributed by atoms with Crippen LogP contribution in [-0.2, 0) is 43.4 Å². The number of rotatable bonds is 7. The largest absolute Gasteiger partial charge is 0.368 e. The van der Waals surface area contributed by atoms with E-state index in [1.807, 2.05) is 42.0 Å². The van der Waals surface area contributed by atoms with E-state index in [4.69, 9.17) is 5.73 Å². The molecule has 290 valence electrons. The highest BCUT2D eigenvalue weighted by atomic mass is 32.2. The van der Waals surface area contributed by atoms with Crippen LogP contribution in [0.3, 0.4) is 0 Å². The average molecular weight is 767 g/mol. The van der Waals surface area contributed by atoms with Crippen LogP contribution in [0.15, 0.2) is 48.0 Å². The summed E-state index contributed by atoms with van der Waals surface area (Å²) in [6, 6.07) is 5.14. The Morgan fingerprint density at radius 1 is 0.909 bits per heavy atom. The maximum Gasteiger partial charge on any atom is 0.237 e. The van der Waals surface area contributed by atoms with Gasteiger partial charge in [-0.05, 0) is 81.8 Å². The quantitative estimate of drug-likeness (QED) is 0.132. The summed E-state index contributed by atoms with van der Waals surface area (Å²) in [5.41, 5.74) is 20.2. The maximum absolute atomic E-state index is 14.2. The van der Waals surface area contributed by atoms with Crippen molar-refractivity contribution in [2.45, 2.75) is 96.9 Å². The number of nitrogens with two attached hydrogens (primary N) is 1. The Bertz CT molecular complexity index is 2270. The number of amides is 1. The monoisotopic (exact) mass is 766 g/mol. The molecule has 0 fully saturated rings. The zero-order valence-corrected chi connectivity index (χ0v) is 33.0. The van der Waals surface area contributed by atoms with Crippen LogP contribution in [-0.4, -0.2) is 79.0 Å². The van der Waals surface area contributed by atoms with Crippen molar-refractivity contribution in [2.75, 3.05) is 12.3 Å². The van der Waals surface area contributed by atoms with Crippen LogP contribution in [0.2, 0.25) is 0 Å². The van der Waals surface area contributed by atoms with Gasteiger partial charge in [0.25, 0.3) is 0 Å². The Balaban J connectivity index is 1.45. The second kappa shape index (κ2) is 16.9. The summed E-state index contributed by atoms with van der Waals surface area (Å²) in [6.07, 6.45) is 5.32. The van der Waals surface area contributed by atoms with Gasteiger partial charge in [-0.1, -0.05) is 18.2 Å². The molecule has 0 radical (unpaired) electrons. The second-order valence-electron chi connectivity index (χ2n) is 14.8. The van der Waals surface area contributed by atoms with Crippen molar-refractivity contribution in [1.29, 1.82) is 0 Å². The molecular weight excluding hydrogens is 717 g/mol. The van der Waals surface area contributed by atoms with E-state index in [0.29, 0.717) is 12.1 Å². The van der Waals surface area contributed by atoms with Crippen LogP contribution >= 0.6 is 11.8 Å². The molecule has 6 rings (SSSR count). The van der Waals surface area contributed by atoms with Crippen LogP contribution < -0.4 is 21.9 Å². The lowest BCUT2D eigenvalue weighted by molar-refractivity contribution is -0.140. The molecular formula is C41H50N8O5S. The summed E-state index contributed by atoms with van der Waals surface area (Å²) in [5.74, 6) is -3.05. The summed E-state index contributed by atoms with van der Waals surface area (Å²) < 4.78 is 2.03. The van der Waals surface area contributed by atoms with Gasteiger partial charge in [0.2, 0.25) is 17.5 Å². The lowest BCUT2D eigenvalue weighted by atomic mass is 9.92. The normalized spacial score (nSPS) is 20.9. The number of thioether (sulfide) groups is 1. The number of carbonyl (C=O) groups is 5. The highest BCUT2D eigenvalue weighted by Gasteiger charge is 2.34. The number of fused-ring (bicyclic) bond motifs is 4. The molecule has 0 aliphatic carbocycles. The van der Waals surface area contributed by atoms with E-state index >= 15 is 0 Å². The van der Waals surface area contributed by atoms with Gasteiger partial charge >= 0.3 is 0 Å². The number of aromatic amines is 2. The second-order valence-corrected chi connectivity index (χ2v) is 15.8. The Morgan fingerprint density at radius 2 is 1.64 bits per heavy atom. The number of ketones is 4. The fraction of sp³-hybridized carbons (Fsp3) is 0.415. The number of aromatic nitrogens is 4. The molecule has 1 aliphatic rings. The Labute approximate surface area is 324 Å². The number of H-pyrrole nitrogens is 2. The maximum atomic E-state index is 14.2. The summed E-state index contributed by atoms with van der Waals surface area (Å²) in [6.45, 7) is 11.9. The fourth-order valence-corrected chi connectivity index (χ4v) is 9.12. The predicted octanol–water partition coefficient (Wildman–Crippen LogP) is 3.95. The lowest BCUT2D eigenvalue weighted by Crippen LogP contribution is -2.56. The number of hydrogen-bond acceptors (Lipinski definition) is 10. The molecule has 0 saturated carbocycles. The van der Waals surface area contributed by atoms with E-state index in [2.05, 4.69) is 58.8 Å². The number of carbonyl (C=O) groups excluding carboxylic acids is 5. The van der Waals surface area contributed by atoms with Crippen molar-refractivity contribution in [2.24, 2.45) is 11.7 Å². The average Bonchev–Trinajstić information content (AvgIpc) is 3.89. The highest BCUT2D eigenvalue weighted by Crippen LogP contribution is 2.41. The molecule has 0 saturated heterocycles. The van der Waals surface area contributed by atoms with Crippen molar-refractivity contribution in [1.82, 2.24) is 35.7 Å². The van der Waals surface area contributed by atoms with Gasteiger partial charge in [0.1, 0.15) is 11.8 Å². The highest BCUT2D eigenvalue weighted by molar-refractivity contribution is 7.99. The third kappa shape index (κ3) is 8.37. The number of primary amides is 1. The number of nitrogens with zero attached hydrogens (tertiary/aromatic N) is 2. The molecule has 13 nitrogen and oxygen atoms in total. The van der Waals surface area contributed by atoms with Crippen molar-refractivity contribution < 1.29 is 24.0 Å². The molecule has 4 atom stereocenters. The molecule has 1 amide bonds. The molecule has 1 aliphatic heterocycles. The van der Waals surface area contributed by atoms with Gasteiger partial charge < -0.3 is 30.4 Å². The minimum Gasteiger partial charge on any atom is -0.368 e. The Hall–Kier alpha value is -4.89. The molecule has 2 aromatic carbocycles. The lowest BCUT2D eigenvalue weighted by Gasteiger charge is -2.24. The number of aryl methyl sites for hydroxylation is 3. The third-order valence-corrected chi connectivity index (χ3v) is 12.4. The summed E-state index contributed by atoms with van der Waals surface area (Å²) in [5, 5.41) is 6.98. The third-order valence-electron chi connectivity index (χ3n) is 11.2. The van der Waals surface area contributed by atoms with Crippen LogP contribution in [0.1, 0.15) is 59.0 Å². The topological polar surface area (TPSA) is 197 Å². The van der Waals surface area contributed by atoms with Gasteiger partial charge in [-0.3, -0.25) is 19.2 Å². The van der Waals surface area contributed by atoms with Crippen LogP contribution in [0.4, 0.5) is 0 Å². The van der Waals surface area contributed by atoms with Crippen molar-refractivity contribution in [3.63, 3.8) is 0 Å². The standard InChI is InChI=1S/C41H50N8O5S/c1-21(50)13-28-19-55-41-37-25(5)23(3)22(2)24(4)36(37)26(6)49(41)18-34(40(42)54)48-47-32(14-27-16-45-31-10-8-7-9-30(27)31)35(51)11-12-44-33(39(53)38(28)52)15-29-17-43-20-46-29/h7-10,16-17,20,28,32-34,44-45,47-48H,11-15,18-19H2,1-6H3,(H2,42,54)(H,43,46)/t28?,32-,33-,34?/m0/s1. The molecule has 0 bridgehead atoms. The number of para-hydroxylation sites is 1. The van der Waals surface area contributed by atoms with Gasteiger partial charge in [0.05, 0.1) is 23.4 Å². The Kier molecular flexibility index (Phi) is 12.2. The molecule has 3 aromatic heterocycles. The van der Waals surface area contributed by atoms with E-state index in [0.717, 1.165) is 60.2 Å². The molecule has 14 heteroatoms. The van der Waals surface area contributed by atoms with Crippen LogP contribution in [0.5, 0.6) is 0 Å². The van der Waals surface area contributed by atoms with E-state index < -0.39 is 41.5 Å². The fourth-order valence-electron chi connectivity index (χ4n) is 7.72. The smallest absolute Gasteiger partial charge is 0.237 e. The number of nitrogens with one attached hydrogen (secondary N) is 5.